The van der Waals surface area contributed by atoms with Gasteiger partial charge in [0, 0.05) is 51.2 Å². The summed E-state index contributed by atoms with van der Waals surface area (Å²) in [6.45, 7) is 3.23. The molecular weight excluding hydrogens is 418 g/mol. The van der Waals surface area contributed by atoms with E-state index in [1.807, 2.05) is 59.3 Å². The number of anilines is 2. The van der Waals surface area contributed by atoms with Gasteiger partial charge in [-0.3, -0.25) is 4.79 Å². The average Bonchev–Trinajstić information content (AvgIpc) is 3.23. The highest BCUT2D eigenvalue weighted by Crippen LogP contribution is 2.26. The first-order valence-corrected chi connectivity index (χ1v) is 11.1. The predicted octanol–water partition coefficient (Wildman–Crippen LogP) is 3.57. The van der Waals surface area contributed by atoms with E-state index in [0.717, 1.165) is 34.8 Å². The van der Waals surface area contributed by atoms with E-state index in [4.69, 9.17) is 11.6 Å². The van der Waals surface area contributed by atoms with Crippen LogP contribution in [0.2, 0.25) is 5.02 Å². The molecule has 2 heterocycles. The molecule has 8 heteroatoms. The zero-order valence-corrected chi connectivity index (χ0v) is 18.4. The van der Waals surface area contributed by atoms with E-state index < -0.39 is 0 Å². The Morgan fingerprint density at radius 3 is 2.50 bits per heavy atom. The largest absolute Gasteiger partial charge is 0.367 e. The Labute approximate surface area is 185 Å². The Hall–Kier alpha value is -2.64. The van der Waals surface area contributed by atoms with Gasteiger partial charge in [-0.15, -0.1) is 0 Å². The molecule has 1 fully saturated rings. The summed E-state index contributed by atoms with van der Waals surface area (Å²) in [6, 6.07) is 18.0. The normalized spacial score (nSPS) is 14.1. The molecule has 4 rings (SSSR count). The van der Waals surface area contributed by atoms with E-state index in [1.54, 1.807) is 0 Å². The number of hydrogen-bond donors (Lipinski definition) is 0. The highest BCUT2D eigenvalue weighted by molar-refractivity contribution is 7.09. The Morgan fingerprint density at radius 2 is 1.77 bits per heavy atom. The molecule has 1 aliphatic rings. The lowest BCUT2D eigenvalue weighted by Gasteiger charge is -2.37. The minimum absolute atomic E-state index is 0.108. The SMILES string of the molecule is CN(CC(=O)N1CCN(c2ccccc2Cl)CC1)c1nc(Cc2ccccc2)ns1. The maximum absolute atomic E-state index is 12.8. The molecule has 0 N–H and O–H groups in total. The summed E-state index contributed by atoms with van der Waals surface area (Å²) in [5, 5.41) is 1.52. The van der Waals surface area contributed by atoms with Crippen LogP contribution in [-0.4, -0.2) is 59.9 Å². The number of rotatable bonds is 6. The number of para-hydroxylation sites is 1. The third-order valence-corrected chi connectivity index (χ3v) is 6.37. The molecule has 0 aliphatic carbocycles. The number of likely N-dealkylation sites (N-methyl/N-ethyl adjacent to an activating group) is 1. The van der Waals surface area contributed by atoms with E-state index in [1.165, 1.54) is 17.1 Å². The van der Waals surface area contributed by atoms with Crippen molar-refractivity contribution in [2.45, 2.75) is 6.42 Å². The van der Waals surface area contributed by atoms with Crippen LogP contribution in [0.5, 0.6) is 0 Å². The lowest BCUT2D eigenvalue weighted by molar-refractivity contribution is -0.129. The summed E-state index contributed by atoms with van der Waals surface area (Å²) < 4.78 is 4.45. The molecule has 6 nitrogen and oxygen atoms in total. The standard InChI is InChI=1S/C22H24ClN5OS/c1-26(22-24-20(25-30-22)15-17-7-3-2-4-8-17)16-21(29)28-13-11-27(12-14-28)19-10-6-5-9-18(19)23/h2-10H,11-16H2,1H3. The third kappa shape index (κ3) is 4.91. The number of amides is 1. The van der Waals surface area contributed by atoms with Gasteiger partial charge in [-0.25, -0.2) is 4.98 Å². The topological polar surface area (TPSA) is 52.6 Å². The van der Waals surface area contributed by atoms with Crippen molar-refractivity contribution in [1.29, 1.82) is 0 Å². The van der Waals surface area contributed by atoms with E-state index in [0.29, 0.717) is 26.1 Å². The number of carbonyl (C=O) groups excluding carboxylic acids is 1. The van der Waals surface area contributed by atoms with Crippen molar-refractivity contribution in [1.82, 2.24) is 14.3 Å². The van der Waals surface area contributed by atoms with Gasteiger partial charge >= 0.3 is 0 Å². The molecule has 1 amide bonds. The van der Waals surface area contributed by atoms with Crippen molar-refractivity contribution in [3.05, 3.63) is 71.0 Å². The molecule has 1 saturated heterocycles. The molecule has 0 bridgehead atoms. The molecule has 3 aromatic rings. The van der Waals surface area contributed by atoms with Gasteiger partial charge in [0.2, 0.25) is 11.0 Å². The van der Waals surface area contributed by atoms with Gasteiger partial charge < -0.3 is 14.7 Å². The molecule has 0 radical (unpaired) electrons. The number of hydrogen-bond acceptors (Lipinski definition) is 6. The van der Waals surface area contributed by atoms with Gasteiger partial charge in [-0.1, -0.05) is 54.1 Å². The number of benzene rings is 2. The summed E-state index contributed by atoms with van der Waals surface area (Å²) in [5.41, 5.74) is 2.21. The second-order valence-corrected chi connectivity index (χ2v) is 8.47. The molecule has 0 atom stereocenters. The van der Waals surface area contributed by atoms with Crippen LogP contribution in [0.15, 0.2) is 54.6 Å². The predicted molar refractivity (Wildman–Crippen MR) is 123 cm³/mol. The highest BCUT2D eigenvalue weighted by Gasteiger charge is 2.23. The van der Waals surface area contributed by atoms with Crippen molar-refractivity contribution >= 4 is 39.9 Å². The highest BCUT2D eigenvalue weighted by atomic mass is 35.5. The smallest absolute Gasteiger partial charge is 0.242 e. The Bertz CT molecular complexity index is 988. The summed E-state index contributed by atoms with van der Waals surface area (Å²) in [4.78, 5) is 23.4. The van der Waals surface area contributed by atoms with E-state index in [-0.39, 0.29) is 5.91 Å². The number of halogens is 1. The van der Waals surface area contributed by atoms with Crippen LogP contribution in [0.3, 0.4) is 0 Å². The fourth-order valence-electron chi connectivity index (χ4n) is 3.53. The van der Waals surface area contributed by atoms with Gasteiger partial charge in [-0.2, -0.15) is 4.37 Å². The Kier molecular flexibility index (Phi) is 6.50. The number of carbonyl (C=O) groups is 1. The zero-order valence-electron chi connectivity index (χ0n) is 16.9. The summed E-state index contributed by atoms with van der Waals surface area (Å²) >= 11 is 7.64. The average molecular weight is 442 g/mol. The summed E-state index contributed by atoms with van der Waals surface area (Å²) in [5.74, 6) is 0.893. The maximum Gasteiger partial charge on any atom is 0.242 e. The minimum atomic E-state index is 0.108. The van der Waals surface area contributed by atoms with Crippen LogP contribution in [0.25, 0.3) is 0 Å². The second kappa shape index (κ2) is 9.45. The molecule has 156 valence electrons. The first-order chi connectivity index (χ1) is 14.6. The van der Waals surface area contributed by atoms with Crippen molar-refractivity contribution < 1.29 is 4.79 Å². The van der Waals surface area contributed by atoms with Crippen molar-refractivity contribution in [2.24, 2.45) is 0 Å². The Balaban J connectivity index is 1.30. The third-order valence-electron chi connectivity index (χ3n) is 5.19. The first kappa shape index (κ1) is 20.6. The van der Waals surface area contributed by atoms with Crippen molar-refractivity contribution in [3.63, 3.8) is 0 Å². The molecule has 30 heavy (non-hydrogen) atoms. The molecule has 2 aromatic carbocycles. The van der Waals surface area contributed by atoms with Gasteiger partial charge in [-0.05, 0) is 17.7 Å². The number of piperazine rings is 1. The lowest BCUT2D eigenvalue weighted by Crippen LogP contribution is -2.51. The fourth-order valence-corrected chi connectivity index (χ4v) is 4.42. The van der Waals surface area contributed by atoms with Crippen LogP contribution in [-0.2, 0) is 11.2 Å². The van der Waals surface area contributed by atoms with Crippen LogP contribution in [0.4, 0.5) is 10.8 Å². The van der Waals surface area contributed by atoms with Crippen molar-refractivity contribution in [3.8, 4) is 0 Å². The molecule has 0 spiro atoms. The number of aromatic nitrogens is 2. The lowest BCUT2D eigenvalue weighted by atomic mass is 10.1. The maximum atomic E-state index is 12.8. The van der Waals surface area contributed by atoms with E-state index in [9.17, 15) is 4.79 Å². The summed E-state index contributed by atoms with van der Waals surface area (Å²) in [6.07, 6.45) is 0.698. The molecular formula is C22H24ClN5OS. The first-order valence-electron chi connectivity index (χ1n) is 9.95. The fraction of sp³-hybridized carbons (Fsp3) is 0.318. The summed E-state index contributed by atoms with van der Waals surface area (Å²) in [7, 11) is 1.89. The van der Waals surface area contributed by atoms with E-state index >= 15 is 0 Å². The second-order valence-electron chi connectivity index (χ2n) is 7.33. The quantitative estimate of drug-likeness (QED) is 0.585. The minimum Gasteiger partial charge on any atom is -0.367 e. The van der Waals surface area contributed by atoms with Gasteiger partial charge in [0.1, 0.15) is 5.82 Å². The molecule has 0 unspecified atom stereocenters. The van der Waals surface area contributed by atoms with Crippen LogP contribution >= 0.6 is 23.1 Å². The molecule has 0 saturated carbocycles. The molecule has 1 aliphatic heterocycles. The van der Waals surface area contributed by atoms with Crippen LogP contribution in [0.1, 0.15) is 11.4 Å². The van der Waals surface area contributed by atoms with Crippen LogP contribution < -0.4 is 9.80 Å². The van der Waals surface area contributed by atoms with Crippen LogP contribution in [0, 0.1) is 0 Å². The van der Waals surface area contributed by atoms with Crippen molar-refractivity contribution in [2.75, 3.05) is 49.6 Å². The molecule has 1 aromatic heterocycles. The Morgan fingerprint density at radius 1 is 1.07 bits per heavy atom. The van der Waals surface area contributed by atoms with Gasteiger partial charge in [0.25, 0.3) is 0 Å². The zero-order chi connectivity index (χ0) is 20.9. The monoisotopic (exact) mass is 441 g/mol. The van der Waals surface area contributed by atoms with Gasteiger partial charge in [0.05, 0.1) is 17.3 Å². The van der Waals surface area contributed by atoms with Gasteiger partial charge in [0.15, 0.2) is 0 Å². The number of nitrogens with zero attached hydrogens (tertiary/aromatic N) is 5. The van der Waals surface area contributed by atoms with E-state index in [2.05, 4.69) is 26.4 Å².